The van der Waals surface area contributed by atoms with Gasteiger partial charge in [-0.2, -0.15) is 0 Å². The van der Waals surface area contributed by atoms with Gasteiger partial charge in [-0.1, -0.05) is 27.7 Å². The average molecular weight is 443 g/mol. The van der Waals surface area contributed by atoms with Crippen molar-refractivity contribution in [3.63, 3.8) is 0 Å². The maximum absolute atomic E-state index is 13.8. The van der Waals surface area contributed by atoms with Crippen LogP contribution in [0, 0.1) is 11.8 Å². The number of rotatable bonds is 9. The molecule has 0 unspecified atom stereocenters. The second-order valence-electron chi connectivity index (χ2n) is 9.04. The van der Waals surface area contributed by atoms with Crippen LogP contribution in [0.4, 0.5) is 0 Å². The molecule has 0 saturated heterocycles. The Balaban J connectivity index is 2.40. The highest BCUT2D eigenvalue weighted by atomic mass is 16.5. The van der Waals surface area contributed by atoms with Gasteiger partial charge in [-0.3, -0.25) is 4.79 Å². The molecule has 0 saturated carbocycles. The van der Waals surface area contributed by atoms with Gasteiger partial charge in [0.25, 0.3) is 0 Å². The molecule has 0 fully saturated rings. The lowest BCUT2D eigenvalue weighted by atomic mass is 9.95. The van der Waals surface area contributed by atoms with Gasteiger partial charge >= 0.3 is 0 Å². The first-order chi connectivity index (χ1) is 15.2. The first-order valence-corrected chi connectivity index (χ1v) is 11.2. The molecule has 1 heterocycles. The van der Waals surface area contributed by atoms with Gasteiger partial charge in [-0.05, 0) is 37.5 Å². The summed E-state index contributed by atoms with van der Waals surface area (Å²) in [6, 6.07) is 3.36. The number of ether oxygens (including phenoxy) is 3. The summed E-state index contributed by atoms with van der Waals surface area (Å²) in [5, 5.41) is 11.8. The summed E-state index contributed by atoms with van der Waals surface area (Å²) >= 11 is 0. The summed E-state index contributed by atoms with van der Waals surface area (Å²) in [6.07, 6.45) is 2.96. The predicted molar refractivity (Wildman–Crippen MR) is 128 cm³/mol. The van der Waals surface area contributed by atoms with Crippen LogP contribution in [-0.4, -0.2) is 26.4 Å². The molecule has 2 aromatic carbocycles. The van der Waals surface area contributed by atoms with E-state index in [0.717, 1.165) is 18.4 Å². The zero-order valence-electron chi connectivity index (χ0n) is 20.1. The van der Waals surface area contributed by atoms with Crippen LogP contribution >= 0.6 is 0 Å². The van der Waals surface area contributed by atoms with Crippen molar-refractivity contribution in [2.24, 2.45) is 11.8 Å². The van der Waals surface area contributed by atoms with E-state index in [4.69, 9.17) is 18.6 Å². The Bertz CT molecular complexity index is 1170. The van der Waals surface area contributed by atoms with Gasteiger partial charge in [0.15, 0.2) is 11.5 Å². The summed E-state index contributed by atoms with van der Waals surface area (Å²) in [4.78, 5) is 13.8. The molecule has 0 atom stereocenters. The number of aryl methyl sites for hydroxylation is 1. The van der Waals surface area contributed by atoms with Crippen LogP contribution in [0.5, 0.6) is 23.0 Å². The maximum Gasteiger partial charge on any atom is 0.204 e. The van der Waals surface area contributed by atoms with Crippen LogP contribution in [0.2, 0.25) is 0 Å². The zero-order chi connectivity index (χ0) is 23.6. The second kappa shape index (κ2) is 9.72. The molecule has 1 aromatic heterocycles. The van der Waals surface area contributed by atoms with Crippen molar-refractivity contribution in [3.05, 3.63) is 33.5 Å². The van der Waals surface area contributed by atoms with E-state index in [1.807, 2.05) is 0 Å². The standard InChI is InChI=1S/C26H34O6/c1-14(2)8-10-16-18(29-5)12-20-23(24(16)27)25(28)22-17(11-9-15(3)4)26(31-7)21(30-6)13-19(22)32-20/h12-15,27H,8-11H2,1-7H3. The Morgan fingerprint density at radius 1 is 0.812 bits per heavy atom. The number of methoxy groups -OCH3 is 3. The minimum atomic E-state index is -0.271. The van der Waals surface area contributed by atoms with Crippen LogP contribution in [-0.2, 0) is 12.8 Å². The summed E-state index contributed by atoms with van der Waals surface area (Å²) in [5.41, 5.74) is 1.78. The minimum absolute atomic E-state index is 0.0692. The number of hydrogen-bond donors (Lipinski definition) is 1. The van der Waals surface area contributed by atoms with E-state index in [2.05, 4.69) is 27.7 Å². The van der Waals surface area contributed by atoms with Gasteiger partial charge in [0.05, 0.1) is 26.7 Å². The van der Waals surface area contributed by atoms with Crippen molar-refractivity contribution >= 4 is 21.9 Å². The van der Waals surface area contributed by atoms with Crippen molar-refractivity contribution in [2.75, 3.05) is 21.3 Å². The molecule has 32 heavy (non-hydrogen) atoms. The Morgan fingerprint density at radius 2 is 1.34 bits per heavy atom. The van der Waals surface area contributed by atoms with E-state index < -0.39 is 0 Å². The third-order valence-corrected chi connectivity index (χ3v) is 5.90. The molecule has 0 aliphatic rings. The monoisotopic (exact) mass is 442 g/mol. The highest BCUT2D eigenvalue weighted by molar-refractivity contribution is 5.97. The number of fused-ring (bicyclic) bond motifs is 2. The topological polar surface area (TPSA) is 78.1 Å². The second-order valence-corrected chi connectivity index (χ2v) is 9.04. The summed E-state index contributed by atoms with van der Waals surface area (Å²) in [6.45, 7) is 8.50. The van der Waals surface area contributed by atoms with Crippen molar-refractivity contribution in [2.45, 2.75) is 53.4 Å². The van der Waals surface area contributed by atoms with Crippen molar-refractivity contribution in [1.29, 1.82) is 0 Å². The molecule has 3 rings (SSSR count). The SMILES string of the molecule is COc1cc2oc3cc(OC)c(OC)c(CCC(C)C)c3c(=O)c2c(O)c1CCC(C)C. The molecular formula is C26H34O6. The first kappa shape index (κ1) is 23.8. The summed E-state index contributed by atoms with van der Waals surface area (Å²) in [7, 11) is 4.68. The fourth-order valence-electron chi connectivity index (χ4n) is 4.11. The third kappa shape index (κ3) is 4.36. The van der Waals surface area contributed by atoms with Crippen LogP contribution in [0.3, 0.4) is 0 Å². The Kier molecular flexibility index (Phi) is 7.22. The van der Waals surface area contributed by atoms with Crippen LogP contribution in [0.25, 0.3) is 21.9 Å². The predicted octanol–water partition coefficient (Wildman–Crippen LogP) is 5.85. The molecule has 0 amide bonds. The fraction of sp³-hybridized carbons (Fsp3) is 0.500. The van der Waals surface area contributed by atoms with Gasteiger partial charge < -0.3 is 23.7 Å². The number of phenols is 1. The molecule has 0 spiro atoms. The number of benzene rings is 2. The number of phenolic OH excluding ortho intramolecular Hbond substituents is 1. The molecule has 0 bridgehead atoms. The van der Waals surface area contributed by atoms with E-state index in [1.54, 1.807) is 33.5 Å². The van der Waals surface area contributed by atoms with Crippen LogP contribution in [0.15, 0.2) is 21.3 Å². The summed E-state index contributed by atoms with van der Waals surface area (Å²) in [5.74, 6) is 2.36. The minimum Gasteiger partial charge on any atom is -0.507 e. The van der Waals surface area contributed by atoms with Gasteiger partial charge in [-0.15, -0.1) is 0 Å². The van der Waals surface area contributed by atoms with Crippen molar-refractivity contribution in [3.8, 4) is 23.0 Å². The third-order valence-electron chi connectivity index (χ3n) is 5.90. The highest BCUT2D eigenvalue weighted by Gasteiger charge is 2.24. The lowest BCUT2D eigenvalue weighted by molar-refractivity contribution is 0.351. The van der Waals surface area contributed by atoms with E-state index in [9.17, 15) is 9.90 Å². The van der Waals surface area contributed by atoms with Crippen LogP contribution < -0.4 is 19.6 Å². The van der Waals surface area contributed by atoms with E-state index in [1.165, 1.54) is 0 Å². The van der Waals surface area contributed by atoms with Crippen molar-refractivity contribution in [1.82, 2.24) is 0 Å². The molecular weight excluding hydrogens is 408 g/mol. The lowest BCUT2D eigenvalue weighted by Gasteiger charge is -2.18. The molecule has 174 valence electrons. The molecule has 0 aliphatic carbocycles. The largest absolute Gasteiger partial charge is 0.507 e. The molecule has 1 N–H and O–H groups in total. The van der Waals surface area contributed by atoms with Gasteiger partial charge in [0, 0.05) is 23.3 Å². The molecule has 3 aromatic rings. The average Bonchev–Trinajstić information content (AvgIpc) is 2.75. The zero-order valence-corrected chi connectivity index (χ0v) is 20.1. The highest BCUT2D eigenvalue weighted by Crippen LogP contribution is 2.41. The van der Waals surface area contributed by atoms with Gasteiger partial charge in [-0.25, -0.2) is 0 Å². The Morgan fingerprint density at radius 3 is 1.88 bits per heavy atom. The molecule has 0 radical (unpaired) electrons. The lowest BCUT2D eigenvalue weighted by Crippen LogP contribution is -2.10. The quantitative estimate of drug-likeness (QED) is 0.419. The number of hydrogen-bond acceptors (Lipinski definition) is 6. The fourth-order valence-corrected chi connectivity index (χ4v) is 4.11. The molecule has 6 nitrogen and oxygen atoms in total. The van der Waals surface area contributed by atoms with Crippen molar-refractivity contribution < 1.29 is 23.7 Å². The Labute approximate surface area is 189 Å². The smallest absolute Gasteiger partial charge is 0.204 e. The van der Waals surface area contributed by atoms with Gasteiger partial charge in [0.2, 0.25) is 5.43 Å². The summed E-state index contributed by atoms with van der Waals surface area (Å²) < 4.78 is 22.8. The Hall–Kier alpha value is -2.89. The molecule has 0 aliphatic heterocycles. The van der Waals surface area contributed by atoms with Crippen LogP contribution in [0.1, 0.15) is 51.7 Å². The molecule has 6 heteroatoms. The first-order valence-electron chi connectivity index (χ1n) is 11.2. The van der Waals surface area contributed by atoms with E-state index >= 15 is 0 Å². The number of aromatic hydroxyl groups is 1. The maximum atomic E-state index is 13.8. The van der Waals surface area contributed by atoms with E-state index in [-0.39, 0.29) is 22.1 Å². The van der Waals surface area contributed by atoms with E-state index in [0.29, 0.717) is 58.5 Å². The van der Waals surface area contributed by atoms with Gasteiger partial charge in [0.1, 0.15) is 28.1 Å². The normalized spacial score (nSPS) is 11.7.